The van der Waals surface area contributed by atoms with Gasteiger partial charge in [-0.2, -0.15) is 4.98 Å². The van der Waals surface area contributed by atoms with E-state index in [4.69, 9.17) is 0 Å². The molecule has 1 heterocycles. The molecule has 0 aliphatic carbocycles. The SMILES string of the molecule is CCCNCCn1c(C)c(Br)c(C)nc1=O. The van der Waals surface area contributed by atoms with Crippen LogP contribution in [0.1, 0.15) is 24.7 Å². The molecule has 0 aliphatic rings. The van der Waals surface area contributed by atoms with E-state index in [0.29, 0.717) is 6.54 Å². The van der Waals surface area contributed by atoms with Crippen LogP contribution in [0.5, 0.6) is 0 Å². The highest BCUT2D eigenvalue weighted by Crippen LogP contribution is 2.16. The minimum Gasteiger partial charge on any atom is -0.315 e. The number of aryl methyl sites for hydroxylation is 1. The molecule has 1 aromatic heterocycles. The topological polar surface area (TPSA) is 46.9 Å². The Morgan fingerprint density at radius 2 is 2.06 bits per heavy atom. The summed E-state index contributed by atoms with van der Waals surface area (Å²) in [7, 11) is 0. The molecule has 90 valence electrons. The molecule has 0 aliphatic heterocycles. The van der Waals surface area contributed by atoms with Crippen LogP contribution in [0, 0.1) is 13.8 Å². The van der Waals surface area contributed by atoms with Crippen LogP contribution in [0.3, 0.4) is 0 Å². The van der Waals surface area contributed by atoms with E-state index in [2.05, 4.69) is 33.2 Å². The molecule has 1 N–H and O–H groups in total. The van der Waals surface area contributed by atoms with Gasteiger partial charge in [0.25, 0.3) is 0 Å². The van der Waals surface area contributed by atoms with E-state index in [0.717, 1.165) is 35.4 Å². The number of aromatic nitrogens is 2. The standard InChI is InChI=1S/C11H18BrN3O/c1-4-5-13-6-7-15-9(3)10(12)8(2)14-11(15)16/h13H,4-7H2,1-3H3. The largest absolute Gasteiger partial charge is 0.348 e. The fourth-order valence-corrected chi connectivity index (χ4v) is 1.84. The molecule has 0 radical (unpaired) electrons. The predicted octanol–water partition coefficient (Wildman–Crippen LogP) is 1.62. The zero-order valence-electron chi connectivity index (χ0n) is 10.0. The minimum absolute atomic E-state index is 0.170. The molecule has 1 aromatic rings. The van der Waals surface area contributed by atoms with Crippen molar-refractivity contribution in [2.45, 2.75) is 33.7 Å². The highest BCUT2D eigenvalue weighted by Gasteiger charge is 2.08. The van der Waals surface area contributed by atoms with Crippen LogP contribution in [0.2, 0.25) is 0 Å². The minimum atomic E-state index is -0.170. The number of hydrogen-bond acceptors (Lipinski definition) is 3. The molecule has 1 rings (SSSR count). The summed E-state index contributed by atoms with van der Waals surface area (Å²) in [5.41, 5.74) is 1.52. The van der Waals surface area contributed by atoms with Crippen molar-refractivity contribution in [2.75, 3.05) is 13.1 Å². The molecule has 0 saturated heterocycles. The first kappa shape index (κ1) is 13.4. The molecule has 0 fully saturated rings. The first-order valence-corrected chi connectivity index (χ1v) is 6.31. The third-order valence-corrected chi connectivity index (χ3v) is 3.62. The lowest BCUT2D eigenvalue weighted by atomic mass is 10.3. The molecule has 0 amide bonds. The lowest BCUT2D eigenvalue weighted by molar-refractivity contribution is 0.560. The Morgan fingerprint density at radius 1 is 1.38 bits per heavy atom. The van der Waals surface area contributed by atoms with Gasteiger partial charge in [0, 0.05) is 18.8 Å². The lowest BCUT2D eigenvalue weighted by Gasteiger charge is -2.12. The first-order valence-electron chi connectivity index (χ1n) is 5.52. The van der Waals surface area contributed by atoms with E-state index in [1.54, 1.807) is 4.57 Å². The van der Waals surface area contributed by atoms with Crippen LogP contribution in [-0.4, -0.2) is 22.6 Å². The van der Waals surface area contributed by atoms with Crippen LogP contribution in [-0.2, 0) is 6.54 Å². The van der Waals surface area contributed by atoms with Crippen LogP contribution in [0.4, 0.5) is 0 Å². The van der Waals surface area contributed by atoms with Crippen molar-refractivity contribution in [2.24, 2.45) is 0 Å². The summed E-state index contributed by atoms with van der Waals surface area (Å²) in [6, 6.07) is 0. The first-order chi connectivity index (χ1) is 7.57. The van der Waals surface area contributed by atoms with Gasteiger partial charge in [-0.15, -0.1) is 0 Å². The van der Waals surface area contributed by atoms with Gasteiger partial charge in [0.2, 0.25) is 0 Å². The summed E-state index contributed by atoms with van der Waals surface area (Å²) >= 11 is 3.44. The van der Waals surface area contributed by atoms with Crippen molar-refractivity contribution in [3.8, 4) is 0 Å². The second-order valence-electron chi connectivity index (χ2n) is 3.78. The normalized spacial score (nSPS) is 10.8. The van der Waals surface area contributed by atoms with Gasteiger partial charge in [0.1, 0.15) is 0 Å². The summed E-state index contributed by atoms with van der Waals surface area (Å²) in [5, 5.41) is 3.27. The van der Waals surface area contributed by atoms with Gasteiger partial charge >= 0.3 is 5.69 Å². The Hall–Kier alpha value is -0.680. The van der Waals surface area contributed by atoms with E-state index in [9.17, 15) is 4.79 Å². The molecule has 5 heteroatoms. The van der Waals surface area contributed by atoms with Gasteiger partial charge in [-0.3, -0.25) is 4.57 Å². The van der Waals surface area contributed by atoms with Crippen molar-refractivity contribution in [1.82, 2.24) is 14.9 Å². The predicted molar refractivity (Wildman–Crippen MR) is 68.8 cm³/mol. The van der Waals surface area contributed by atoms with E-state index in [1.165, 1.54) is 0 Å². The maximum atomic E-state index is 11.7. The molecule has 0 aromatic carbocycles. The molecular formula is C11H18BrN3O. The smallest absolute Gasteiger partial charge is 0.315 e. The van der Waals surface area contributed by atoms with Gasteiger partial charge < -0.3 is 5.32 Å². The lowest BCUT2D eigenvalue weighted by Crippen LogP contribution is -2.31. The zero-order chi connectivity index (χ0) is 12.1. The molecule has 0 bridgehead atoms. The molecular weight excluding hydrogens is 270 g/mol. The summed E-state index contributed by atoms with van der Waals surface area (Å²) in [6.45, 7) is 8.32. The quantitative estimate of drug-likeness (QED) is 0.838. The number of halogens is 1. The van der Waals surface area contributed by atoms with Crippen molar-refractivity contribution in [3.05, 3.63) is 26.3 Å². The Balaban J connectivity index is 2.80. The average Bonchev–Trinajstić information content (AvgIpc) is 2.25. The fourth-order valence-electron chi connectivity index (χ4n) is 1.53. The van der Waals surface area contributed by atoms with Crippen molar-refractivity contribution in [1.29, 1.82) is 0 Å². The number of hydrogen-bond donors (Lipinski definition) is 1. The van der Waals surface area contributed by atoms with Gasteiger partial charge in [-0.05, 0) is 42.7 Å². The Bertz CT molecular complexity index is 414. The van der Waals surface area contributed by atoms with Crippen LogP contribution in [0.25, 0.3) is 0 Å². The maximum absolute atomic E-state index is 11.7. The molecule has 0 saturated carbocycles. The number of rotatable bonds is 5. The second kappa shape index (κ2) is 6.15. The third-order valence-electron chi connectivity index (χ3n) is 2.47. The summed E-state index contributed by atoms with van der Waals surface area (Å²) in [4.78, 5) is 15.6. The van der Waals surface area contributed by atoms with Crippen molar-refractivity contribution < 1.29 is 0 Å². The molecule has 0 atom stereocenters. The van der Waals surface area contributed by atoms with Crippen LogP contribution in [0.15, 0.2) is 9.27 Å². The highest BCUT2D eigenvalue weighted by molar-refractivity contribution is 9.10. The van der Waals surface area contributed by atoms with E-state index in [1.807, 2.05) is 13.8 Å². The van der Waals surface area contributed by atoms with E-state index >= 15 is 0 Å². The fraction of sp³-hybridized carbons (Fsp3) is 0.636. The molecule has 4 nitrogen and oxygen atoms in total. The van der Waals surface area contributed by atoms with Crippen LogP contribution >= 0.6 is 15.9 Å². The summed E-state index contributed by atoms with van der Waals surface area (Å²) in [5.74, 6) is 0. The van der Waals surface area contributed by atoms with Gasteiger partial charge in [-0.25, -0.2) is 4.79 Å². The summed E-state index contributed by atoms with van der Waals surface area (Å²) < 4.78 is 2.61. The van der Waals surface area contributed by atoms with E-state index < -0.39 is 0 Å². The molecule has 0 unspecified atom stereocenters. The van der Waals surface area contributed by atoms with Gasteiger partial charge in [-0.1, -0.05) is 6.92 Å². The monoisotopic (exact) mass is 287 g/mol. The molecule has 0 spiro atoms. The summed E-state index contributed by atoms with van der Waals surface area (Å²) in [6.07, 6.45) is 1.10. The third kappa shape index (κ3) is 3.15. The Morgan fingerprint density at radius 3 is 2.69 bits per heavy atom. The number of nitrogens with one attached hydrogen (secondary N) is 1. The maximum Gasteiger partial charge on any atom is 0.348 e. The number of nitrogens with zero attached hydrogens (tertiary/aromatic N) is 2. The van der Waals surface area contributed by atoms with Crippen molar-refractivity contribution >= 4 is 15.9 Å². The van der Waals surface area contributed by atoms with Gasteiger partial charge in [0.05, 0.1) is 10.2 Å². The van der Waals surface area contributed by atoms with Gasteiger partial charge in [0.15, 0.2) is 0 Å². The average molecular weight is 288 g/mol. The highest BCUT2D eigenvalue weighted by atomic mass is 79.9. The van der Waals surface area contributed by atoms with E-state index in [-0.39, 0.29) is 5.69 Å². The second-order valence-corrected chi connectivity index (χ2v) is 4.57. The van der Waals surface area contributed by atoms with Crippen LogP contribution < -0.4 is 11.0 Å². The zero-order valence-corrected chi connectivity index (χ0v) is 11.6. The Kier molecular flexibility index (Phi) is 5.15. The molecule has 16 heavy (non-hydrogen) atoms. The van der Waals surface area contributed by atoms with Crippen molar-refractivity contribution in [3.63, 3.8) is 0 Å². The Labute approximate surface area is 104 Å².